The molecule has 1 saturated carbocycles. The number of hydrogen-bond donors (Lipinski definition) is 1. The third-order valence-electron chi connectivity index (χ3n) is 7.09. The van der Waals surface area contributed by atoms with Gasteiger partial charge >= 0.3 is 0 Å². The average molecular weight is 465 g/mol. The van der Waals surface area contributed by atoms with Crippen LogP contribution in [0, 0.1) is 10.8 Å². The number of nitrogens with one attached hydrogen (secondary N) is 1. The number of likely N-dealkylation sites (tertiary alicyclic amines) is 1. The van der Waals surface area contributed by atoms with E-state index in [1.807, 2.05) is 24.3 Å². The summed E-state index contributed by atoms with van der Waals surface area (Å²) in [6, 6.07) is 13.1. The molecule has 2 aromatic rings. The molecule has 2 aromatic carbocycles. The number of carbonyl (C=O) groups is 2. The molecular weight excluding hydrogens is 428 g/mol. The van der Waals surface area contributed by atoms with Crippen LogP contribution in [0.4, 0.5) is 5.69 Å². The highest BCUT2D eigenvalue weighted by molar-refractivity contribution is 6.05. The maximum absolute atomic E-state index is 13.3. The second-order valence-corrected chi connectivity index (χ2v) is 11.0. The number of benzene rings is 2. The van der Waals surface area contributed by atoms with Gasteiger partial charge in [0.2, 0.25) is 0 Å². The molecule has 0 aromatic heterocycles. The second-order valence-electron chi connectivity index (χ2n) is 11.0. The molecule has 0 spiro atoms. The number of methoxy groups -OCH3 is 2. The topological polar surface area (TPSA) is 67.9 Å². The van der Waals surface area contributed by atoms with Gasteiger partial charge in [-0.25, -0.2) is 0 Å². The minimum absolute atomic E-state index is 0.0837. The van der Waals surface area contributed by atoms with Crippen LogP contribution in [-0.4, -0.2) is 43.5 Å². The Morgan fingerprint density at radius 2 is 1.71 bits per heavy atom. The van der Waals surface area contributed by atoms with E-state index in [1.165, 1.54) is 0 Å². The third kappa shape index (κ3) is 5.18. The molecule has 1 saturated heterocycles. The summed E-state index contributed by atoms with van der Waals surface area (Å²) in [4.78, 5) is 28.3. The van der Waals surface area contributed by atoms with Crippen LogP contribution in [0.5, 0.6) is 0 Å². The Bertz CT molecular complexity index is 1060. The van der Waals surface area contributed by atoms with E-state index >= 15 is 0 Å². The first-order chi connectivity index (χ1) is 16.1. The molecule has 6 heteroatoms. The zero-order chi connectivity index (χ0) is 24.5. The van der Waals surface area contributed by atoms with Crippen molar-refractivity contribution in [1.29, 1.82) is 0 Å². The predicted molar refractivity (Wildman–Crippen MR) is 133 cm³/mol. The lowest BCUT2D eigenvalue weighted by molar-refractivity contribution is 0.0708. The van der Waals surface area contributed by atoms with Crippen LogP contribution in [0.25, 0.3) is 0 Å². The smallest absolute Gasteiger partial charge is 0.256 e. The summed E-state index contributed by atoms with van der Waals surface area (Å²) in [5.74, 6) is -0.126. The Hall–Kier alpha value is -2.70. The summed E-state index contributed by atoms with van der Waals surface area (Å²) in [6.45, 7) is 8.56. The maximum atomic E-state index is 13.3. The molecule has 1 aliphatic heterocycles. The number of ether oxygens (including phenoxy) is 2. The summed E-state index contributed by atoms with van der Waals surface area (Å²) in [7, 11) is 3.25. The van der Waals surface area contributed by atoms with Crippen molar-refractivity contribution in [2.24, 2.45) is 10.8 Å². The Morgan fingerprint density at radius 1 is 1.00 bits per heavy atom. The Kier molecular flexibility index (Phi) is 6.83. The molecule has 34 heavy (non-hydrogen) atoms. The second kappa shape index (κ2) is 9.51. The van der Waals surface area contributed by atoms with Gasteiger partial charge in [0.1, 0.15) is 0 Å². The van der Waals surface area contributed by atoms with E-state index in [0.29, 0.717) is 36.1 Å². The third-order valence-corrected chi connectivity index (χ3v) is 7.09. The van der Waals surface area contributed by atoms with Crippen LogP contribution in [0.2, 0.25) is 0 Å². The summed E-state index contributed by atoms with van der Waals surface area (Å²) in [5.41, 5.74) is 4.13. The monoisotopic (exact) mass is 464 g/mol. The van der Waals surface area contributed by atoms with Gasteiger partial charge in [-0.15, -0.1) is 0 Å². The summed E-state index contributed by atoms with van der Waals surface area (Å²) >= 11 is 0. The molecule has 1 N–H and O–H groups in total. The quantitative estimate of drug-likeness (QED) is 0.606. The minimum Gasteiger partial charge on any atom is -0.380 e. The van der Waals surface area contributed by atoms with Crippen LogP contribution in [0.3, 0.4) is 0 Å². The van der Waals surface area contributed by atoms with Gasteiger partial charge in [0, 0.05) is 43.6 Å². The van der Waals surface area contributed by atoms with Crippen molar-refractivity contribution in [1.82, 2.24) is 4.90 Å². The molecule has 0 radical (unpaired) electrons. The summed E-state index contributed by atoms with van der Waals surface area (Å²) in [5, 5.41) is 2.95. The van der Waals surface area contributed by atoms with Crippen LogP contribution in [0.1, 0.15) is 71.9 Å². The van der Waals surface area contributed by atoms with Crippen molar-refractivity contribution in [2.75, 3.05) is 26.1 Å². The molecule has 6 nitrogen and oxygen atoms in total. The molecule has 2 atom stereocenters. The molecule has 2 bridgehead atoms. The van der Waals surface area contributed by atoms with Crippen LogP contribution < -0.4 is 5.32 Å². The summed E-state index contributed by atoms with van der Waals surface area (Å²) < 4.78 is 10.5. The number of rotatable bonds is 7. The van der Waals surface area contributed by atoms with E-state index < -0.39 is 0 Å². The predicted octanol–water partition coefficient (Wildman–Crippen LogP) is 5.27. The van der Waals surface area contributed by atoms with E-state index in [1.54, 1.807) is 32.4 Å². The lowest BCUT2D eigenvalue weighted by Gasteiger charge is -2.39. The summed E-state index contributed by atoms with van der Waals surface area (Å²) in [6.07, 6.45) is 3.29. The van der Waals surface area contributed by atoms with Crippen molar-refractivity contribution >= 4 is 17.5 Å². The Balaban J connectivity index is 1.45. The number of hydrogen-bond acceptors (Lipinski definition) is 4. The number of fused-ring (bicyclic) bond motifs is 2. The molecule has 2 amide bonds. The lowest BCUT2D eigenvalue weighted by atomic mass is 9.65. The molecule has 1 heterocycles. The highest BCUT2D eigenvalue weighted by atomic mass is 16.5. The first-order valence-corrected chi connectivity index (χ1v) is 12.0. The first-order valence-electron chi connectivity index (χ1n) is 12.0. The molecular formula is C28H36N2O4. The van der Waals surface area contributed by atoms with Crippen molar-refractivity contribution in [2.45, 2.75) is 59.3 Å². The van der Waals surface area contributed by atoms with Gasteiger partial charge in [-0.05, 0) is 71.6 Å². The van der Waals surface area contributed by atoms with Gasteiger partial charge < -0.3 is 19.7 Å². The molecule has 2 aliphatic rings. The number of nitrogens with zero attached hydrogens (tertiary/aromatic N) is 1. The standard InChI is InChI=1S/C28H36N2O4/c1-27(2)13-23-14-28(3,17-27)18-30(23)26(32)20-7-9-22(10-8-20)29-25(31)24-11-6-19(15-33-4)12-21(24)16-34-5/h6-12,23H,13-18H2,1-5H3,(H,29,31). The number of carbonyl (C=O) groups excluding carboxylic acids is 2. The zero-order valence-electron chi connectivity index (χ0n) is 20.9. The van der Waals surface area contributed by atoms with E-state index in [9.17, 15) is 9.59 Å². The van der Waals surface area contributed by atoms with Gasteiger partial charge in [0.05, 0.1) is 13.2 Å². The average Bonchev–Trinajstić information content (AvgIpc) is 3.03. The van der Waals surface area contributed by atoms with Gasteiger partial charge in [-0.1, -0.05) is 32.9 Å². The van der Waals surface area contributed by atoms with Crippen LogP contribution in [0.15, 0.2) is 42.5 Å². The maximum Gasteiger partial charge on any atom is 0.256 e. The fourth-order valence-corrected chi connectivity index (χ4v) is 6.16. The van der Waals surface area contributed by atoms with E-state index in [4.69, 9.17) is 9.47 Å². The van der Waals surface area contributed by atoms with E-state index in [0.717, 1.165) is 36.9 Å². The number of amides is 2. The molecule has 182 valence electrons. The number of anilines is 1. The highest BCUT2D eigenvalue weighted by Gasteiger charge is 2.51. The van der Waals surface area contributed by atoms with Gasteiger partial charge in [0.25, 0.3) is 11.8 Å². The fraction of sp³-hybridized carbons (Fsp3) is 0.500. The van der Waals surface area contributed by atoms with Crippen molar-refractivity contribution in [3.8, 4) is 0 Å². The molecule has 1 aliphatic carbocycles. The SMILES string of the molecule is COCc1ccc(C(=O)Nc2ccc(C(=O)N3CC4(C)CC3CC(C)(C)C4)cc2)c(COC)c1. The Morgan fingerprint density at radius 3 is 2.38 bits per heavy atom. The van der Waals surface area contributed by atoms with Crippen LogP contribution >= 0.6 is 0 Å². The lowest BCUT2D eigenvalue weighted by Crippen LogP contribution is -2.37. The van der Waals surface area contributed by atoms with E-state index in [2.05, 4.69) is 31.0 Å². The van der Waals surface area contributed by atoms with Gasteiger partial charge in [-0.3, -0.25) is 9.59 Å². The first kappa shape index (κ1) is 24.4. The van der Waals surface area contributed by atoms with Crippen LogP contribution in [-0.2, 0) is 22.7 Å². The van der Waals surface area contributed by atoms with Crippen molar-refractivity contribution in [3.05, 3.63) is 64.7 Å². The fourth-order valence-electron chi connectivity index (χ4n) is 6.16. The van der Waals surface area contributed by atoms with Gasteiger partial charge in [0.15, 0.2) is 0 Å². The molecule has 4 rings (SSSR count). The van der Waals surface area contributed by atoms with Crippen molar-refractivity contribution in [3.63, 3.8) is 0 Å². The largest absolute Gasteiger partial charge is 0.380 e. The Labute approximate surface area is 202 Å². The van der Waals surface area contributed by atoms with E-state index in [-0.39, 0.29) is 22.6 Å². The zero-order valence-corrected chi connectivity index (χ0v) is 20.9. The minimum atomic E-state index is -0.210. The highest BCUT2D eigenvalue weighted by Crippen LogP contribution is 2.52. The molecule has 2 unspecified atom stereocenters. The molecule has 2 fully saturated rings. The van der Waals surface area contributed by atoms with Gasteiger partial charge in [-0.2, -0.15) is 0 Å². The van der Waals surface area contributed by atoms with Crippen molar-refractivity contribution < 1.29 is 19.1 Å². The normalized spacial score (nSPS) is 23.1.